The Morgan fingerprint density at radius 1 is 0.800 bits per heavy atom. The molecule has 1 atom stereocenters. The molecule has 0 saturated heterocycles. The van der Waals surface area contributed by atoms with E-state index in [0.717, 1.165) is 5.56 Å². The first-order chi connectivity index (χ1) is 9.74. The molecule has 0 aliphatic rings. The lowest BCUT2D eigenvalue weighted by Crippen LogP contribution is -2.10. The van der Waals surface area contributed by atoms with Gasteiger partial charge in [0.1, 0.15) is 5.76 Å². The largest absolute Gasteiger partial charge is 0.448 e. The first-order valence-electron chi connectivity index (χ1n) is 6.40. The van der Waals surface area contributed by atoms with Gasteiger partial charge in [-0.3, -0.25) is 0 Å². The van der Waals surface area contributed by atoms with Crippen LogP contribution in [-0.4, -0.2) is 0 Å². The molecule has 100 valence electrons. The molecule has 0 aliphatic carbocycles. The SMILES string of the molecule is NC(c1ccc(-c2ccccc2)cc1)c1ccc(Cl)o1. The summed E-state index contributed by atoms with van der Waals surface area (Å²) in [5, 5.41) is 0.358. The van der Waals surface area contributed by atoms with Gasteiger partial charge in [0.05, 0.1) is 6.04 Å². The predicted molar refractivity (Wildman–Crippen MR) is 81.6 cm³/mol. The predicted octanol–water partition coefficient (Wildman–Crippen LogP) is 4.65. The van der Waals surface area contributed by atoms with Crippen LogP contribution in [0.25, 0.3) is 11.1 Å². The highest BCUT2D eigenvalue weighted by Crippen LogP contribution is 2.26. The molecule has 3 rings (SSSR count). The Balaban J connectivity index is 1.86. The van der Waals surface area contributed by atoms with Crippen LogP contribution in [0.4, 0.5) is 0 Å². The zero-order valence-electron chi connectivity index (χ0n) is 10.8. The molecule has 0 bridgehead atoms. The number of hydrogen-bond acceptors (Lipinski definition) is 2. The topological polar surface area (TPSA) is 39.2 Å². The third kappa shape index (κ3) is 2.62. The second-order valence-corrected chi connectivity index (χ2v) is 4.98. The van der Waals surface area contributed by atoms with Crippen molar-refractivity contribution in [3.8, 4) is 11.1 Å². The van der Waals surface area contributed by atoms with Crippen LogP contribution in [0, 0.1) is 0 Å². The van der Waals surface area contributed by atoms with Crippen LogP contribution < -0.4 is 5.73 Å². The van der Waals surface area contributed by atoms with Crippen molar-refractivity contribution >= 4 is 11.6 Å². The monoisotopic (exact) mass is 283 g/mol. The van der Waals surface area contributed by atoms with Crippen molar-refractivity contribution in [2.24, 2.45) is 5.73 Å². The number of hydrogen-bond donors (Lipinski definition) is 1. The number of rotatable bonds is 3. The quantitative estimate of drug-likeness (QED) is 0.760. The summed E-state index contributed by atoms with van der Waals surface area (Å²) in [6, 6.07) is 21.6. The van der Waals surface area contributed by atoms with Crippen molar-refractivity contribution in [1.82, 2.24) is 0 Å². The van der Waals surface area contributed by atoms with Gasteiger partial charge in [-0.25, -0.2) is 0 Å². The molecule has 0 radical (unpaired) electrons. The third-order valence-electron chi connectivity index (χ3n) is 3.28. The Bertz CT molecular complexity index is 689. The van der Waals surface area contributed by atoms with Gasteiger partial charge in [0, 0.05) is 0 Å². The van der Waals surface area contributed by atoms with Crippen molar-refractivity contribution in [2.45, 2.75) is 6.04 Å². The fraction of sp³-hybridized carbons (Fsp3) is 0.0588. The highest BCUT2D eigenvalue weighted by atomic mass is 35.5. The van der Waals surface area contributed by atoms with E-state index in [9.17, 15) is 0 Å². The van der Waals surface area contributed by atoms with Gasteiger partial charge in [-0.05, 0) is 40.4 Å². The lowest BCUT2D eigenvalue weighted by atomic mass is 10.0. The molecular weight excluding hydrogens is 270 g/mol. The molecule has 3 aromatic rings. The molecule has 1 heterocycles. The lowest BCUT2D eigenvalue weighted by Gasteiger charge is -2.10. The van der Waals surface area contributed by atoms with Crippen LogP contribution in [0.1, 0.15) is 17.4 Å². The summed E-state index contributed by atoms with van der Waals surface area (Å²) in [6.07, 6.45) is 0. The molecule has 0 spiro atoms. The maximum absolute atomic E-state index is 6.17. The summed E-state index contributed by atoms with van der Waals surface area (Å²) in [5.74, 6) is 0.669. The average Bonchev–Trinajstić information content (AvgIpc) is 2.94. The van der Waals surface area contributed by atoms with Gasteiger partial charge >= 0.3 is 0 Å². The molecule has 2 nitrogen and oxygen atoms in total. The van der Waals surface area contributed by atoms with E-state index in [4.69, 9.17) is 21.8 Å². The van der Waals surface area contributed by atoms with Crippen LogP contribution >= 0.6 is 11.6 Å². The van der Waals surface area contributed by atoms with Crippen LogP contribution in [-0.2, 0) is 0 Å². The molecule has 2 N–H and O–H groups in total. The van der Waals surface area contributed by atoms with E-state index in [1.807, 2.05) is 30.3 Å². The summed E-state index contributed by atoms with van der Waals surface area (Å²) >= 11 is 5.77. The minimum atomic E-state index is -0.299. The number of halogens is 1. The van der Waals surface area contributed by atoms with Gasteiger partial charge in [-0.1, -0.05) is 54.6 Å². The highest BCUT2D eigenvalue weighted by Gasteiger charge is 2.13. The van der Waals surface area contributed by atoms with Crippen LogP contribution in [0.5, 0.6) is 0 Å². The normalized spacial score (nSPS) is 12.3. The molecule has 0 aliphatic heterocycles. The van der Waals surface area contributed by atoms with Crippen molar-refractivity contribution in [2.75, 3.05) is 0 Å². The minimum Gasteiger partial charge on any atom is -0.448 e. The van der Waals surface area contributed by atoms with Crippen molar-refractivity contribution in [1.29, 1.82) is 0 Å². The van der Waals surface area contributed by atoms with Gasteiger partial charge in [-0.2, -0.15) is 0 Å². The Morgan fingerprint density at radius 2 is 1.45 bits per heavy atom. The third-order valence-corrected chi connectivity index (χ3v) is 3.48. The first-order valence-corrected chi connectivity index (χ1v) is 6.78. The van der Waals surface area contributed by atoms with Crippen molar-refractivity contribution in [3.05, 3.63) is 83.3 Å². The molecule has 0 fully saturated rings. The second-order valence-electron chi connectivity index (χ2n) is 4.61. The summed E-state index contributed by atoms with van der Waals surface area (Å²) < 4.78 is 5.36. The van der Waals surface area contributed by atoms with E-state index in [1.165, 1.54) is 11.1 Å². The molecule has 20 heavy (non-hydrogen) atoms. The van der Waals surface area contributed by atoms with Gasteiger partial charge in [0.15, 0.2) is 5.22 Å². The van der Waals surface area contributed by atoms with Crippen molar-refractivity contribution < 1.29 is 4.42 Å². The molecule has 2 aromatic carbocycles. The fourth-order valence-electron chi connectivity index (χ4n) is 2.17. The first kappa shape index (κ1) is 13.0. The fourth-order valence-corrected chi connectivity index (χ4v) is 2.33. The van der Waals surface area contributed by atoms with Crippen molar-refractivity contribution in [3.63, 3.8) is 0 Å². The maximum Gasteiger partial charge on any atom is 0.193 e. The number of benzene rings is 2. The Morgan fingerprint density at radius 3 is 2.05 bits per heavy atom. The standard InChI is InChI=1S/C17H14ClNO/c18-16-11-10-15(20-16)17(19)14-8-6-13(7-9-14)12-4-2-1-3-5-12/h1-11,17H,19H2. The van der Waals surface area contributed by atoms with E-state index in [0.29, 0.717) is 11.0 Å². The van der Waals surface area contributed by atoms with Crippen LogP contribution in [0.15, 0.2) is 71.1 Å². The molecule has 0 saturated carbocycles. The summed E-state index contributed by atoms with van der Waals surface area (Å²) in [4.78, 5) is 0. The minimum absolute atomic E-state index is 0.299. The number of furan rings is 1. The van der Waals surface area contributed by atoms with E-state index in [1.54, 1.807) is 12.1 Å². The summed E-state index contributed by atoms with van der Waals surface area (Å²) in [6.45, 7) is 0. The average molecular weight is 284 g/mol. The Kier molecular flexibility index (Phi) is 3.59. The molecular formula is C17H14ClNO. The highest BCUT2D eigenvalue weighted by molar-refractivity contribution is 6.28. The van der Waals surface area contributed by atoms with E-state index in [2.05, 4.69) is 24.3 Å². The smallest absolute Gasteiger partial charge is 0.193 e. The van der Waals surface area contributed by atoms with E-state index in [-0.39, 0.29) is 6.04 Å². The number of nitrogens with two attached hydrogens (primary N) is 1. The van der Waals surface area contributed by atoms with Gasteiger partial charge in [0.25, 0.3) is 0 Å². The second kappa shape index (κ2) is 5.53. The van der Waals surface area contributed by atoms with E-state index < -0.39 is 0 Å². The molecule has 1 unspecified atom stereocenters. The maximum atomic E-state index is 6.17. The molecule has 1 aromatic heterocycles. The van der Waals surface area contributed by atoms with Crippen LogP contribution in [0.3, 0.4) is 0 Å². The lowest BCUT2D eigenvalue weighted by molar-refractivity contribution is 0.491. The zero-order chi connectivity index (χ0) is 13.9. The van der Waals surface area contributed by atoms with E-state index >= 15 is 0 Å². The van der Waals surface area contributed by atoms with Gasteiger partial charge in [-0.15, -0.1) is 0 Å². The Hall–Kier alpha value is -2.03. The summed E-state index contributed by atoms with van der Waals surface area (Å²) in [5.41, 5.74) is 9.52. The van der Waals surface area contributed by atoms with Gasteiger partial charge < -0.3 is 10.2 Å². The zero-order valence-corrected chi connectivity index (χ0v) is 11.5. The Labute approximate surface area is 122 Å². The molecule has 0 amide bonds. The van der Waals surface area contributed by atoms with Crippen LogP contribution in [0.2, 0.25) is 5.22 Å². The van der Waals surface area contributed by atoms with Gasteiger partial charge in [0.2, 0.25) is 0 Å². The molecule has 3 heteroatoms. The summed E-state index contributed by atoms with van der Waals surface area (Å²) in [7, 11) is 0.